The lowest BCUT2D eigenvalue weighted by molar-refractivity contribution is 0.800. The Labute approximate surface area is 125 Å². The molecular weight excluding hydrogens is 258 g/mol. The first-order chi connectivity index (χ1) is 10.3. The summed E-state index contributed by atoms with van der Waals surface area (Å²) >= 11 is 0. The summed E-state index contributed by atoms with van der Waals surface area (Å²) < 4.78 is 2.18. The summed E-state index contributed by atoms with van der Waals surface area (Å²) in [6.45, 7) is 3.54. The van der Waals surface area contributed by atoms with Crippen molar-refractivity contribution in [1.29, 1.82) is 0 Å². The quantitative estimate of drug-likeness (QED) is 0.794. The molecule has 0 saturated heterocycles. The van der Waals surface area contributed by atoms with Gasteiger partial charge in [0.25, 0.3) is 0 Å². The molecule has 0 aliphatic rings. The fraction of sp³-hybridized carbons (Fsp3) is 0.167. The second-order valence-electron chi connectivity index (χ2n) is 5.21. The topological polar surface area (TPSA) is 43.8 Å². The highest BCUT2D eigenvalue weighted by molar-refractivity contribution is 5.55. The molecule has 0 saturated carbocycles. The lowest BCUT2D eigenvalue weighted by atomic mass is 10.0. The zero-order chi connectivity index (χ0) is 14.7. The van der Waals surface area contributed by atoms with Crippen molar-refractivity contribution in [2.45, 2.75) is 20.0 Å². The van der Waals surface area contributed by atoms with Crippen molar-refractivity contribution in [3.63, 3.8) is 0 Å². The summed E-state index contributed by atoms with van der Waals surface area (Å²) in [5.74, 6) is 0.998. The lowest BCUT2D eigenvalue weighted by Gasteiger charge is -2.11. The van der Waals surface area contributed by atoms with Crippen molar-refractivity contribution in [2.75, 3.05) is 0 Å². The summed E-state index contributed by atoms with van der Waals surface area (Å²) in [5.41, 5.74) is 10.6. The molecule has 3 nitrogen and oxygen atoms in total. The van der Waals surface area contributed by atoms with Crippen LogP contribution in [0.1, 0.15) is 16.7 Å². The first-order valence-corrected chi connectivity index (χ1v) is 7.13. The van der Waals surface area contributed by atoms with Gasteiger partial charge in [-0.2, -0.15) is 0 Å². The van der Waals surface area contributed by atoms with E-state index in [0.717, 1.165) is 17.9 Å². The van der Waals surface area contributed by atoms with Crippen molar-refractivity contribution in [2.24, 2.45) is 5.73 Å². The van der Waals surface area contributed by atoms with Gasteiger partial charge in [0.1, 0.15) is 5.82 Å². The molecule has 3 heteroatoms. The predicted octanol–water partition coefficient (Wildman–Crippen LogP) is 3.37. The van der Waals surface area contributed by atoms with Crippen LogP contribution in [-0.2, 0) is 13.1 Å². The standard InChI is InChI=1S/C18H19N3/c1-14-11-15(12-19)7-8-17(14)13-21-10-9-20-18(21)16-5-3-2-4-6-16/h2-11H,12-13,19H2,1H3. The summed E-state index contributed by atoms with van der Waals surface area (Å²) in [6.07, 6.45) is 3.88. The molecule has 0 fully saturated rings. The van der Waals surface area contributed by atoms with Crippen LogP contribution < -0.4 is 5.73 Å². The molecule has 0 aliphatic heterocycles. The molecule has 0 aliphatic carbocycles. The Kier molecular flexibility index (Phi) is 3.84. The molecule has 0 unspecified atom stereocenters. The van der Waals surface area contributed by atoms with Gasteiger partial charge < -0.3 is 10.3 Å². The van der Waals surface area contributed by atoms with Gasteiger partial charge in [0.05, 0.1) is 0 Å². The van der Waals surface area contributed by atoms with Gasteiger partial charge in [-0.05, 0) is 23.6 Å². The third kappa shape index (κ3) is 2.88. The Morgan fingerprint density at radius 3 is 2.62 bits per heavy atom. The van der Waals surface area contributed by atoms with Crippen LogP contribution in [0.25, 0.3) is 11.4 Å². The summed E-state index contributed by atoms with van der Waals surface area (Å²) in [4.78, 5) is 4.49. The minimum atomic E-state index is 0.585. The molecule has 3 aromatic rings. The van der Waals surface area contributed by atoms with Crippen LogP contribution >= 0.6 is 0 Å². The molecule has 0 atom stereocenters. The van der Waals surface area contributed by atoms with Crippen molar-refractivity contribution < 1.29 is 0 Å². The van der Waals surface area contributed by atoms with Gasteiger partial charge in [0.2, 0.25) is 0 Å². The van der Waals surface area contributed by atoms with Gasteiger partial charge in [0, 0.05) is 31.0 Å². The molecule has 2 aromatic carbocycles. The third-order valence-electron chi connectivity index (χ3n) is 3.73. The molecule has 0 amide bonds. The Hall–Kier alpha value is -2.39. The van der Waals surface area contributed by atoms with E-state index in [1.807, 2.05) is 30.6 Å². The lowest BCUT2D eigenvalue weighted by Crippen LogP contribution is -2.04. The van der Waals surface area contributed by atoms with E-state index >= 15 is 0 Å². The number of imidazole rings is 1. The highest BCUT2D eigenvalue weighted by Gasteiger charge is 2.07. The van der Waals surface area contributed by atoms with Crippen LogP contribution in [0.4, 0.5) is 0 Å². The monoisotopic (exact) mass is 277 g/mol. The first-order valence-electron chi connectivity index (χ1n) is 7.13. The van der Waals surface area contributed by atoms with Gasteiger partial charge in [-0.3, -0.25) is 0 Å². The van der Waals surface area contributed by atoms with Crippen molar-refractivity contribution >= 4 is 0 Å². The van der Waals surface area contributed by atoms with Gasteiger partial charge in [-0.15, -0.1) is 0 Å². The van der Waals surface area contributed by atoms with E-state index in [2.05, 4.69) is 46.8 Å². The molecule has 3 rings (SSSR count). The van der Waals surface area contributed by atoms with Gasteiger partial charge in [-0.25, -0.2) is 4.98 Å². The maximum Gasteiger partial charge on any atom is 0.140 e. The molecule has 1 heterocycles. The molecular formula is C18H19N3. The van der Waals surface area contributed by atoms with Crippen LogP contribution in [-0.4, -0.2) is 9.55 Å². The minimum Gasteiger partial charge on any atom is -0.327 e. The number of aryl methyl sites for hydroxylation is 1. The minimum absolute atomic E-state index is 0.585. The van der Waals surface area contributed by atoms with Gasteiger partial charge in [-0.1, -0.05) is 48.5 Å². The smallest absolute Gasteiger partial charge is 0.140 e. The first kappa shape index (κ1) is 13.6. The van der Waals surface area contributed by atoms with E-state index in [4.69, 9.17) is 5.73 Å². The normalized spacial score (nSPS) is 10.8. The fourth-order valence-electron chi connectivity index (χ4n) is 2.53. The molecule has 21 heavy (non-hydrogen) atoms. The average molecular weight is 277 g/mol. The SMILES string of the molecule is Cc1cc(CN)ccc1Cn1ccnc1-c1ccccc1. The van der Waals surface area contributed by atoms with Crippen molar-refractivity contribution in [3.8, 4) is 11.4 Å². The van der Waals surface area contributed by atoms with Crippen LogP contribution in [0.2, 0.25) is 0 Å². The van der Waals surface area contributed by atoms with Gasteiger partial charge >= 0.3 is 0 Å². The fourth-order valence-corrected chi connectivity index (χ4v) is 2.53. The number of rotatable bonds is 4. The zero-order valence-electron chi connectivity index (χ0n) is 12.2. The maximum absolute atomic E-state index is 5.69. The second kappa shape index (κ2) is 5.94. The highest BCUT2D eigenvalue weighted by Crippen LogP contribution is 2.19. The number of aromatic nitrogens is 2. The zero-order valence-corrected chi connectivity index (χ0v) is 12.2. The Balaban J connectivity index is 1.92. The number of benzene rings is 2. The Morgan fingerprint density at radius 1 is 1.10 bits per heavy atom. The number of nitrogens with zero attached hydrogens (tertiary/aromatic N) is 2. The molecule has 2 N–H and O–H groups in total. The Bertz CT molecular complexity index is 729. The van der Waals surface area contributed by atoms with Gasteiger partial charge in [0.15, 0.2) is 0 Å². The molecule has 0 radical (unpaired) electrons. The van der Waals surface area contributed by atoms with E-state index in [1.165, 1.54) is 16.7 Å². The predicted molar refractivity (Wildman–Crippen MR) is 85.8 cm³/mol. The molecule has 1 aromatic heterocycles. The number of hydrogen-bond acceptors (Lipinski definition) is 2. The largest absolute Gasteiger partial charge is 0.327 e. The van der Waals surface area contributed by atoms with Crippen molar-refractivity contribution in [1.82, 2.24) is 9.55 Å². The second-order valence-corrected chi connectivity index (χ2v) is 5.21. The van der Waals surface area contributed by atoms with E-state index < -0.39 is 0 Å². The highest BCUT2D eigenvalue weighted by atomic mass is 15.1. The van der Waals surface area contributed by atoms with Crippen LogP contribution in [0.5, 0.6) is 0 Å². The van der Waals surface area contributed by atoms with Crippen LogP contribution in [0, 0.1) is 6.92 Å². The number of nitrogens with two attached hydrogens (primary N) is 1. The maximum atomic E-state index is 5.69. The summed E-state index contributed by atoms with van der Waals surface area (Å²) in [6, 6.07) is 16.7. The number of hydrogen-bond donors (Lipinski definition) is 1. The van der Waals surface area contributed by atoms with Crippen molar-refractivity contribution in [3.05, 3.63) is 77.6 Å². The summed E-state index contributed by atoms with van der Waals surface area (Å²) in [7, 11) is 0. The van der Waals surface area contributed by atoms with Crippen LogP contribution in [0.3, 0.4) is 0 Å². The van der Waals surface area contributed by atoms with Crippen LogP contribution in [0.15, 0.2) is 60.9 Å². The average Bonchev–Trinajstić information content (AvgIpc) is 2.98. The van der Waals surface area contributed by atoms with E-state index in [1.54, 1.807) is 0 Å². The van der Waals surface area contributed by atoms with E-state index in [0.29, 0.717) is 6.54 Å². The molecule has 0 spiro atoms. The molecule has 106 valence electrons. The Morgan fingerprint density at radius 2 is 1.90 bits per heavy atom. The third-order valence-corrected chi connectivity index (χ3v) is 3.73. The summed E-state index contributed by atoms with van der Waals surface area (Å²) in [5, 5.41) is 0. The molecule has 0 bridgehead atoms. The van der Waals surface area contributed by atoms with E-state index in [-0.39, 0.29) is 0 Å². The van der Waals surface area contributed by atoms with E-state index in [9.17, 15) is 0 Å².